The van der Waals surface area contributed by atoms with Gasteiger partial charge in [0.1, 0.15) is 12.4 Å². The molecule has 1 heterocycles. The summed E-state index contributed by atoms with van der Waals surface area (Å²) in [5, 5.41) is 4.34. The molecule has 0 spiro atoms. The molecule has 106 valence electrons. The largest absolute Gasteiger partial charge is 0.486 e. The van der Waals surface area contributed by atoms with Crippen molar-refractivity contribution >= 4 is 11.6 Å². The number of carbonyl (C=O) groups excluding carboxylic acids is 1. The number of ether oxygens (including phenoxy) is 1. The van der Waals surface area contributed by atoms with Crippen molar-refractivity contribution in [2.24, 2.45) is 12.8 Å². The van der Waals surface area contributed by atoms with Crippen molar-refractivity contribution in [1.29, 1.82) is 0 Å². The number of nitrogens with zero attached hydrogens (tertiary/aromatic N) is 2. The first kappa shape index (κ1) is 13.9. The molecule has 0 unspecified atom stereocenters. The fraction of sp³-hybridized carbons (Fsp3) is 0.286. The van der Waals surface area contributed by atoms with Crippen LogP contribution in [0.1, 0.15) is 28.7 Å². The number of rotatable bonds is 5. The number of nitrogens with two attached hydrogens (primary N) is 2. The van der Waals surface area contributed by atoms with Crippen LogP contribution in [0.15, 0.2) is 24.3 Å². The lowest BCUT2D eigenvalue weighted by atomic mass is 10.1. The Hall–Kier alpha value is -2.50. The zero-order valence-electron chi connectivity index (χ0n) is 11.6. The minimum absolute atomic E-state index is 0.280. The number of nitrogen functional groups attached to an aromatic ring is 1. The molecule has 0 saturated heterocycles. The number of primary amides is 1. The predicted molar refractivity (Wildman–Crippen MR) is 76.3 cm³/mol. The molecule has 1 aromatic heterocycles. The maximum Gasteiger partial charge on any atom is 0.252 e. The van der Waals surface area contributed by atoms with Gasteiger partial charge < -0.3 is 16.2 Å². The van der Waals surface area contributed by atoms with Crippen LogP contribution in [0.3, 0.4) is 0 Å². The van der Waals surface area contributed by atoms with Crippen molar-refractivity contribution in [2.75, 3.05) is 5.73 Å². The minimum atomic E-state index is -0.563. The minimum Gasteiger partial charge on any atom is -0.486 e. The first-order valence-corrected chi connectivity index (χ1v) is 6.35. The molecule has 1 amide bonds. The fourth-order valence-electron chi connectivity index (χ4n) is 1.90. The van der Waals surface area contributed by atoms with Crippen molar-refractivity contribution in [2.45, 2.75) is 20.0 Å². The van der Waals surface area contributed by atoms with Gasteiger partial charge in [-0.2, -0.15) is 5.10 Å². The topological polar surface area (TPSA) is 96.2 Å². The van der Waals surface area contributed by atoms with Crippen LogP contribution < -0.4 is 16.2 Å². The Bertz CT molecular complexity index is 634. The number of benzene rings is 1. The molecule has 0 fully saturated rings. The van der Waals surface area contributed by atoms with E-state index in [1.807, 2.05) is 20.0 Å². The summed E-state index contributed by atoms with van der Waals surface area (Å²) < 4.78 is 7.42. The van der Waals surface area contributed by atoms with Crippen molar-refractivity contribution in [3.63, 3.8) is 0 Å². The number of amides is 1. The summed E-state index contributed by atoms with van der Waals surface area (Å²) in [6.45, 7) is 2.35. The van der Waals surface area contributed by atoms with Crippen LogP contribution in [0.2, 0.25) is 0 Å². The van der Waals surface area contributed by atoms with E-state index in [2.05, 4.69) is 5.10 Å². The molecule has 6 heteroatoms. The maximum atomic E-state index is 11.4. The first-order valence-electron chi connectivity index (χ1n) is 6.35. The third kappa shape index (κ3) is 2.90. The van der Waals surface area contributed by atoms with Gasteiger partial charge in [-0.25, -0.2) is 0 Å². The number of aromatic nitrogens is 2. The van der Waals surface area contributed by atoms with E-state index < -0.39 is 5.91 Å². The Balaban J connectivity index is 2.18. The smallest absolute Gasteiger partial charge is 0.252 e. The highest BCUT2D eigenvalue weighted by Crippen LogP contribution is 2.22. The van der Waals surface area contributed by atoms with Gasteiger partial charge in [0.15, 0.2) is 0 Å². The van der Waals surface area contributed by atoms with Gasteiger partial charge in [0.2, 0.25) is 0 Å². The second-order valence-corrected chi connectivity index (χ2v) is 4.51. The molecule has 0 saturated carbocycles. The quantitative estimate of drug-likeness (QED) is 0.802. The van der Waals surface area contributed by atoms with Crippen LogP contribution in [-0.4, -0.2) is 15.7 Å². The second-order valence-electron chi connectivity index (χ2n) is 4.51. The number of aryl methyl sites for hydroxylation is 2. The van der Waals surface area contributed by atoms with Crippen LogP contribution >= 0.6 is 0 Å². The van der Waals surface area contributed by atoms with E-state index in [9.17, 15) is 4.79 Å². The zero-order valence-corrected chi connectivity index (χ0v) is 11.6. The van der Waals surface area contributed by atoms with E-state index in [1.165, 1.54) is 6.07 Å². The van der Waals surface area contributed by atoms with Crippen LogP contribution in [0.25, 0.3) is 0 Å². The van der Waals surface area contributed by atoms with Crippen molar-refractivity contribution in [3.05, 3.63) is 41.2 Å². The Kier molecular flexibility index (Phi) is 3.93. The average molecular weight is 274 g/mol. The van der Waals surface area contributed by atoms with Crippen molar-refractivity contribution in [3.8, 4) is 5.75 Å². The summed E-state index contributed by atoms with van der Waals surface area (Å²) in [5.74, 6) is -0.141. The molecule has 2 rings (SSSR count). The number of hydrogen-bond donors (Lipinski definition) is 2. The lowest BCUT2D eigenvalue weighted by molar-refractivity contribution is 0.0996. The van der Waals surface area contributed by atoms with Crippen LogP contribution in [-0.2, 0) is 20.1 Å². The lowest BCUT2D eigenvalue weighted by Gasteiger charge is -2.10. The Morgan fingerprint density at radius 1 is 1.40 bits per heavy atom. The van der Waals surface area contributed by atoms with E-state index in [0.717, 1.165) is 17.8 Å². The summed E-state index contributed by atoms with van der Waals surface area (Å²) in [6.07, 6.45) is 0.863. The Morgan fingerprint density at radius 3 is 2.75 bits per heavy atom. The molecule has 0 bridgehead atoms. The Morgan fingerprint density at radius 2 is 2.15 bits per heavy atom. The third-order valence-corrected chi connectivity index (χ3v) is 3.03. The van der Waals surface area contributed by atoms with Gasteiger partial charge in [-0.15, -0.1) is 0 Å². The van der Waals surface area contributed by atoms with Gasteiger partial charge in [-0.3, -0.25) is 9.48 Å². The van der Waals surface area contributed by atoms with Gasteiger partial charge >= 0.3 is 0 Å². The summed E-state index contributed by atoms with van der Waals surface area (Å²) in [5.41, 5.74) is 13.6. The molecule has 0 radical (unpaired) electrons. The van der Waals surface area contributed by atoms with E-state index in [-0.39, 0.29) is 5.56 Å². The van der Waals surface area contributed by atoms with Crippen LogP contribution in [0.4, 0.5) is 5.69 Å². The summed E-state index contributed by atoms with van der Waals surface area (Å²) in [6, 6.07) is 6.80. The Labute approximate surface area is 117 Å². The molecular formula is C14H18N4O2. The number of hydrogen-bond acceptors (Lipinski definition) is 4. The van der Waals surface area contributed by atoms with Crippen LogP contribution in [0, 0.1) is 0 Å². The number of anilines is 1. The third-order valence-electron chi connectivity index (χ3n) is 3.03. The molecule has 1 aromatic carbocycles. The molecule has 20 heavy (non-hydrogen) atoms. The fourth-order valence-corrected chi connectivity index (χ4v) is 1.90. The van der Waals surface area contributed by atoms with Gasteiger partial charge in [0.05, 0.1) is 17.0 Å². The summed E-state index contributed by atoms with van der Waals surface area (Å²) in [4.78, 5) is 11.4. The monoisotopic (exact) mass is 274 g/mol. The molecule has 2 aromatic rings. The standard InChI is InChI=1S/C14H18N4O2/c1-3-10-7-11(18(2)17-10)8-20-13-5-4-9(15)6-12(13)14(16)19/h4-7H,3,8,15H2,1-2H3,(H2,16,19). The van der Waals surface area contributed by atoms with Crippen molar-refractivity contribution in [1.82, 2.24) is 9.78 Å². The second kappa shape index (κ2) is 5.64. The zero-order chi connectivity index (χ0) is 14.7. The van der Waals surface area contributed by atoms with Gasteiger partial charge in [0.25, 0.3) is 5.91 Å². The molecule has 0 aliphatic heterocycles. The molecule has 0 aliphatic carbocycles. The maximum absolute atomic E-state index is 11.4. The van der Waals surface area contributed by atoms with Gasteiger partial charge in [-0.05, 0) is 30.7 Å². The normalized spacial score (nSPS) is 10.5. The number of carbonyl (C=O) groups is 1. The van der Waals surface area contributed by atoms with E-state index in [1.54, 1.807) is 16.8 Å². The van der Waals surface area contributed by atoms with Crippen LogP contribution in [0.5, 0.6) is 5.75 Å². The lowest BCUT2D eigenvalue weighted by Crippen LogP contribution is -2.14. The first-order chi connectivity index (χ1) is 9.51. The molecular weight excluding hydrogens is 256 g/mol. The summed E-state index contributed by atoms with van der Waals surface area (Å²) in [7, 11) is 1.86. The summed E-state index contributed by atoms with van der Waals surface area (Å²) >= 11 is 0. The highest BCUT2D eigenvalue weighted by molar-refractivity contribution is 5.96. The highest BCUT2D eigenvalue weighted by atomic mass is 16.5. The SMILES string of the molecule is CCc1cc(COc2ccc(N)cc2C(N)=O)n(C)n1. The molecule has 4 N–H and O–H groups in total. The average Bonchev–Trinajstić information content (AvgIpc) is 2.78. The highest BCUT2D eigenvalue weighted by Gasteiger charge is 2.11. The molecule has 6 nitrogen and oxygen atoms in total. The predicted octanol–water partition coefficient (Wildman–Crippen LogP) is 1.24. The molecule has 0 atom stereocenters. The van der Waals surface area contributed by atoms with Crippen molar-refractivity contribution < 1.29 is 9.53 Å². The van der Waals surface area contributed by atoms with Gasteiger partial charge in [-0.1, -0.05) is 6.92 Å². The van der Waals surface area contributed by atoms with E-state index in [0.29, 0.717) is 18.0 Å². The molecule has 0 aliphatic rings. The van der Waals surface area contributed by atoms with E-state index in [4.69, 9.17) is 16.2 Å². The van der Waals surface area contributed by atoms with Gasteiger partial charge in [0, 0.05) is 12.7 Å². The van der Waals surface area contributed by atoms with E-state index >= 15 is 0 Å².